The Labute approximate surface area is 178 Å². The average Bonchev–Trinajstić information content (AvgIpc) is 3.36. The second-order valence-corrected chi connectivity index (χ2v) is 7.48. The number of hydrogen-bond donors (Lipinski definition) is 1. The van der Waals surface area contributed by atoms with Gasteiger partial charge in [0.05, 0.1) is 12.8 Å². The largest absolute Gasteiger partial charge is 0.493 e. The molecule has 1 N–H and O–H groups in total. The van der Waals surface area contributed by atoms with E-state index in [-0.39, 0.29) is 12.5 Å². The number of nitrogens with one attached hydrogen (secondary N) is 1. The molecule has 0 aliphatic heterocycles. The topological polar surface area (TPSA) is 64.9 Å². The molecule has 2 heterocycles. The predicted molar refractivity (Wildman–Crippen MR) is 120 cm³/mol. The molecular formula is C23H21N3O3S. The van der Waals surface area contributed by atoms with Crippen LogP contribution in [0.2, 0.25) is 0 Å². The maximum atomic E-state index is 12.3. The van der Waals surface area contributed by atoms with Crippen molar-refractivity contribution in [2.45, 2.75) is 6.42 Å². The molecule has 1 amide bonds. The fraction of sp³-hybridized carbons (Fsp3) is 0.130. The van der Waals surface area contributed by atoms with Crippen molar-refractivity contribution < 1.29 is 14.3 Å². The van der Waals surface area contributed by atoms with E-state index < -0.39 is 0 Å². The summed E-state index contributed by atoms with van der Waals surface area (Å²) in [6, 6.07) is 13.2. The molecule has 0 atom stereocenters. The Bertz CT molecular complexity index is 1150. The van der Waals surface area contributed by atoms with Crippen molar-refractivity contribution in [3.8, 4) is 22.8 Å². The van der Waals surface area contributed by atoms with Gasteiger partial charge in [-0.1, -0.05) is 24.3 Å². The van der Waals surface area contributed by atoms with E-state index in [9.17, 15) is 4.79 Å². The third-order valence-electron chi connectivity index (χ3n) is 4.52. The molecule has 2 aromatic carbocycles. The summed E-state index contributed by atoms with van der Waals surface area (Å²) in [5.74, 6) is 0.865. The number of hydrogen-bond acceptors (Lipinski definition) is 5. The maximum absolute atomic E-state index is 12.3. The van der Waals surface area contributed by atoms with E-state index in [0.717, 1.165) is 28.2 Å². The van der Waals surface area contributed by atoms with Crippen LogP contribution in [0.25, 0.3) is 16.2 Å². The summed E-state index contributed by atoms with van der Waals surface area (Å²) in [5, 5.41) is 4.84. The van der Waals surface area contributed by atoms with E-state index in [1.54, 1.807) is 24.5 Å². The summed E-state index contributed by atoms with van der Waals surface area (Å²) in [6.07, 6.45) is 6.53. The highest BCUT2D eigenvalue weighted by atomic mass is 32.1. The Balaban J connectivity index is 1.36. The van der Waals surface area contributed by atoms with Gasteiger partial charge in [-0.15, -0.1) is 17.9 Å². The molecule has 4 rings (SSSR count). The number of benzene rings is 2. The van der Waals surface area contributed by atoms with Gasteiger partial charge < -0.3 is 14.8 Å². The highest BCUT2D eigenvalue weighted by Crippen LogP contribution is 2.28. The van der Waals surface area contributed by atoms with E-state index in [4.69, 9.17) is 9.47 Å². The lowest BCUT2D eigenvalue weighted by atomic mass is 10.1. The molecule has 6 nitrogen and oxygen atoms in total. The van der Waals surface area contributed by atoms with Crippen molar-refractivity contribution in [2.24, 2.45) is 0 Å². The lowest BCUT2D eigenvalue weighted by molar-refractivity contribution is -0.118. The molecule has 0 bridgehead atoms. The van der Waals surface area contributed by atoms with Gasteiger partial charge in [0.1, 0.15) is 0 Å². The number of carbonyl (C=O) groups is 1. The van der Waals surface area contributed by atoms with Crippen molar-refractivity contribution in [1.29, 1.82) is 0 Å². The molecule has 0 aliphatic rings. The highest BCUT2D eigenvalue weighted by molar-refractivity contribution is 7.15. The van der Waals surface area contributed by atoms with Crippen LogP contribution in [-0.2, 0) is 11.2 Å². The first-order valence-electron chi connectivity index (χ1n) is 9.39. The summed E-state index contributed by atoms with van der Waals surface area (Å²) in [4.78, 5) is 17.8. The smallest absolute Gasteiger partial charge is 0.262 e. The van der Waals surface area contributed by atoms with Crippen LogP contribution in [0.3, 0.4) is 0 Å². The summed E-state index contributed by atoms with van der Waals surface area (Å²) in [5.41, 5.74) is 3.65. The SMILES string of the molecule is C=CCc1ccc(OCC(=O)Nc2ccc(-c3cn4ccsc4n3)cc2)c(OC)c1. The van der Waals surface area contributed by atoms with Crippen LogP contribution in [0.4, 0.5) is 5.69 Å². The number of rotatable bonds is 8. The predicted octanol–water partition coefficient (Wildman–Crippen LogP) is 4.82. The molecule has 0 fully saturated rings. The molecule has 0 saturated carbocycles. The van der Waals surface area contributed by atoms with Gasteiger partial charge in [-0.2, -0.15) is 0 Å². The summed E-state index contributed by atoms with van der Waals surface area (Å²) >= 11 is 1.59. The van der Waals surface area contributed by atoms with Gasteiger partial charge in [-0.05, 0) is 36.2 Å². The van der Waals surface area contributed by atoms with Gasteiger partial charge in [-0.3, -0.25) is 9.20 Å². The maximum Gasteiger partial charge on any atom is 0.262 e. The minimum absolute atomic E-state index is 0.115. The number of fused-ring (bicyclic) bond motifs is 1. The summed E-state index contributed by atoms with van der Waals surface area (Å²) in [6.45, 7) is 3.62. The molecule has 30 heavy (non-hydrogen) atoms. The quantitative estimate of drug-likeness (QED) is 0.416. The fourth-order valence-corrected chi connectivity index (χ4v) is 3.76. The number of imidazole rings is 1. The minimum atomic E-state index is -0.248. The first kappa shape index (κ1) is 19.7. The molecule has 7 heteroatoms. The molecule has 2 aromatic heterocycles. The molecular weight excluding hydrogens is 398 g/mol. The number of nitrogens with zero attached hydrogens (tertiary/aromatic N) is 2. The normalized spacial score (nSPS) is 10.7. The van der Waals surface area contributed by atoms with E-state index in [0.29, 0.717) is 17.2 Å². The zero-order chi connectivity index (χ0) is 20.9. The van der Waals surface area contributed by atoms with Crippen molar-refractivity contribution in [1.82, 2.24) is 9.38 Å². The average molecular weight is 420 g/mol. The van der Waals surface area contributed by atoms with Crippen molar-refractivity contribution >= 4 is 27.9 Å². The number of ether oxygens (including phenoxy) is 2. The summed E-state index contributed by atoms with van der Waals surface area (Å²) in [7, 11) is 1.57. The first-order chi connectivity index (χ1) is 14.7. The third-order valence-corrected chi connectivity index (χ3v) is 5.30. The van der Waals surface area contributed by atoms with Crippen LogP contribution in [0.1, 0.15) is 5.56 Å². The zero-order valence-corrected chi connectivity index (χ0v) is 17.3. The van der Waals surface area contributed by atoms with Crippen LogP contribution >= 0.6 is 11.3 Å². The number of anilines is 1. The minimum Gasteiger partial charge on any atom is -0.493 e. The molecule has 0 unspecified atom stereocenters. The lowest BCUT2D eigenvalue weighted by Gasteiger charge is -2.12. The number of amides is 1. The van der Waals surface area contributed by atoms with Gasteiger partial charge in [0, 0.05) is 29.0 Å². The number of carbonyl (C=O) groups excluding carboxylic acids is 1. The van der Waals surface area contributed by atoms with Gasteiger partial charge in [0.15, 0.2) is 23.1 Å². The third kappa shape index (κ3) is 4.36. The number of methoxy groups -OCH3 is 1. The number of allylic oxidation sites excluding steroid dienone is 1. The molecule has 4 aromatic rings. The van der Waals surface area contributed by atoms with Crippen LogP contribution in [0.15, 0.2) is 72.9 Å². The Morgan fingerprint density at radius 1 is 1.23 bits per heavy atom. The Morgan fingerprint density at radius 2 is 2.07 bits per heavy atom. The van der Waals surface area contributed by atoms with Crippen LogP contribution in [0.5, 0.6) is 11.5 Å². The van der Waals surface area contributed by atoms with Crippen molar-refractivity contribution in [3.05, 3.63) is 78.5 Å². The van der Waals surface area contributed by atoms with Gasteiger partial charge in [0.2, 0.25) is 0 Å². The van der Waals surface area contributed by atoms with Gasteiger partial charge >= 0.3 is 0 Å². The Morgan fingerprint density at radius 3 is 2.80 bits per heavy atom. The molecule has 152 valence electrons. The van der Waals surface area contributed by atoms with Crippen LogP contribution in [0, 0.1) is 0 Å². The van der Waals surface area contributed by atoms with E-state index in [1.807, 2.05) is 64.6 Å². The molecule has 0 aliphatic carbocycles. The fourth-order valence-electron chi connectivity index (χ4n) is 3.06. The van der Waals surface area contributed by atoms with Gasteiger partial charge in [-0.25, -0.2) is 4.98 Å². The second-order valence-electron chi connectivity index (χ2n) is 6.61. The van der Waals surface area contributed by atoms with Gasteiger partial charge in [0.25, 0.3) is 5.91 Å². The highest BCUT2D eigenvalue weighted by Gasteiger charge is 2.10. The van der Waals surface area contributed by atoms with Crippen molar-refractivity contribution in [2.75, 3.05) is 19.0 Å². The van der Waals surface area contributed by atoms with E-state index in [2.05, 4.69) is 16.9 Å². The molecule has 0 radical (unpaired) electrons. The van der Waals surface area contributed by atoms with Crippen LogP contribution < -0.4 is 14.8 Å². The first-order valence-corrected chi connectivity index (χ1v) is 10.3. The Hall–Kier alpha value is -3.58. The number of thiazole rings is 1. The van der Waals surface area contributed by atoms with Crippen LogP contribution in [-0.4, -0.2) is 29.0 Å². The van der Waals surface area contributed by atoms with E-state index in [1.165, 1.54) is 0 Å². The second kappa shape index (κ2) is 8.84. The van der Waals surface area contributed by atoms with Crippen molar-refractivity contribution in [3.63, 3.8) is 0 Å². The Kier molecular flexibility index (Phi) is 5.81. The zero-order valence-electron chi connectivity index (χ0n) is 16.5. The molecule has 0 saturated heterocycles. The lowest BCUT2D eigenvalue weighted by Crippen LogP contribution is -2.20. The molecule has 0 spiro atoms. The monoisotopic (exact) mass is 419 g/mol. The standard InChI is InChI=1S/C23H21N3O3S/c1-3-4-16-5-10-20(21(13-16)28-2)29-15-22(27)24-18-8-6-17(7-9-18)19-14-26-11-12-30-23(26)25-19/h3,5-14H,1,4,15H2,2H3,(H,24,27). The summed E-state index contributed by atoms with van der Waals surface area (Å²) < 4.78 is 13.0. The number of aromatic nitrogens is 2. The van der Waals surface area contributed by atoms with E-state index >= 15 is 0 Å².